The minimum absolute atomic E-state index is 0.0127. The van der Waals surface area contributed by atoms with Crippen molar-refractivity contribution in [2.75, 3.05) is 23.3 Å². The highest BCUT2D eigenvalue weighted by Gasteiger charge is 2.26. The Morgan fingerprint density at radius 1 is 1.11 bits per heavy atom. The second-order valence-corrected chi connectivity index (χ2v) is 6.88. The topological polar surface area (TPSA) is 88.8 Å². The van der Waals surface area contributed by atoms with Crippen LogP contribution in [0, 0.1) is 5.92 Å². The summed E-state index contributed by atoms with van der Waals surface area (Å²) >= 11 is 0. The number of nitrogens with one attached hydrogen (secondary N) is 1. The number of aryl methyl sites for hydroxylation is 1. The van der Waals surface area contributed by atoms with Crippen molar-refractivity contribution in [1.82, 2.24) is 24.7 Å². The molecule has 144 valence electrons. The Morgan fingerprint density at radius 2 is 1.86 bits per heavy atom. The molecule has 1 saturated heterocycles. The predicted molar refractivity (Wildman–Crippen MR) is 106 cm³/mol. The molecule has 1 amide bonds. The lowest BCUT2D eigenvalue weighted by Crippen LogP contribution is -2.38. The molecule has 3 aromatic rings. The van der Waals surface area contributed by atoms with Gasteiger partial charge in [0.05, 0.1) is 0 Å². The second kappa shape index (κ2) is 8.16. The van der Waals surface area contributed by atoms with Crippen LogP contribution in [0.4, 0.5) is 11.5 Å². The van der Waals surface area contributed by atoms with Crippen LogP contribution in [0.2, 0.25) is 0 Å². The van der Waals surface area contributed by atoms with Crippen LogP contribution >= 0.6 is 0 Å². The molecule has 0 unspecified atom stereocenters. The largest absolute Gasteiger partial charge is 0.356 e. The highest BCUT2D eigenvalue weighted by molar-refractivity contribution is 5.92. The maximum atomic E-state index is 12.6. The van der Waals surface area contributed by atoms with E-state index in [-0.39, 0.29) is 11.8 Å². The van der Waals surface area contributed by atoms with E-state index in [1.54, 1.807) is 11.0 Å². The van der Waals surface area contributed by atoms with Gasteiger partial charge in [0.25, 0.3) is 0 Å². The monoisotopic (exact) mass is 377 g/mol. The van der Waals surface area contributed by atoms with Gasteiger partial charge in [-0.05, 0) is 37.0 Å². The zero-order valence-electron chi connectivity index (χ0n) is 15.8. The fraction of sp³-hybridized carbons (Fsp3) is 0.350. The van der Waals surface area contributed by atoms with E-state index in [0.717, 1.165) is 43.9 Å². The van der Waals surface area contributed by atoms with Gasteiger partial charge in [0.1, 0.15) is 24.8 Å². The van der Waals surface area contributed by atoms with Crippen LogP contribution in [0.25, 0.3) is 5.82 Å². The molecule has 0 atom stereocenters. The first-order valence-electron chi connectivity index (χ1n) is 9.54. The summed E-state index contributed by atoms with van der Waals surface area (Å²) in [4.78, 5) is 27.3. The van der Waals surface area contributed by atoms with Gasteiger partial charge in [0.2, 0.25) is 5.91 Å². The first kappa shape index (κ1) is 18.1. The lowest BCUT2D eigenvalue weighted by Gasteiger charge is -2.32. The van der Waals surface area contributed by atoms with Gasteiger partial charge in [-0.15, -0.1) is 0 Å². The van der Waals surface area contributed by atoms with E-state index in [1.165, 1.54) is 18.2 Å². The lowest BCUT2D eigenvalue weighted by atomic mass is 9.95. The quantitative estimate of drug-likeness (QED) is 0.735. The van der Waals surface area contributed by atoms with Gasteiger partial charge in [-0.1, -0.05) is 19.1 Å². The van der Waals surface area contributed by atoms with Crippen molar-refractivity contribution in [3.8, 4) is 5.82 Å². The summed E-state index contributed by atoms with van der Waals surface area (Å²) in [7, 11) is 0. The summed E-state index contributed by atoms with van der Waals surface area (Å²) in [5.41, 5.74) is 2.12. The van der Waals surface area contributed by atoms with Crippen LogP contribution in [0.1, 0.15) is 25.3 Å². The summed E-state index contributed by atoms with van der Waals surface area (Å²) in [6, 6.07) is 9.95. The molecule has 28 heavy (non-hydrogen) atoms. The van der Waals surface area contributed by atoms with Gasteiger partial charge in [0, 0.05) is 30.8 Å². The molecule has 8 heteroatoms. The number of amides is 1. The van der Waals surface area contributed by atoms with Crippen LogP contribution in [0.15, 0.2) is 49.3 Å². The minimum Gasteiger partial charge on any atom is -0.356 e. The van der Waals surface area contributed by atoms with Crippen LogP contribution in [-0.2, 0) is 11.2 Å². The zero-order chi connectivity index (χ0) is 19.3. The Labute approximate surface area is 163 Å². The molecule has 2 aromatic heterocycles. The maximum absolute atomic E-state index is 12.6. The van der Waals surface area contributed by atoms with Gasteiger partial charge in [0.15, 0.2) is 5.82 Å². The highest BCUT2D eigenvalue weighted by Crippen LogP contribution is 2.24. The summed E-state index contributed by atoms with van der Waals surface area (Å²) < 4.78 is 1.61. The van der Waals surface area contributed by atoms with Crippen LogP contribution in [-0.4, -0.2) is 43.7 Å². The van der Waals surface area contributed by atoms with Crippen molar-refractivity contribution in [2.24, 2.45) is 5.92 Å². The first-order chi connectivity index (χ1) is 13.7. The van der Waals surface area contributed by atoms with E-state index in [4.69, 9.17) is 0 Å². The highest BCUT2D eigenvalue weighted by atomic mass is 16.1. The molecule has 3 heterocycles. The lowest BCUT2D eigenvalue weighted by molar-refractivity contribution is -0.120. The smallest absolute Gasteiger partial charge is 0.227 e. The van der Waals surface area contributed by atoms with E-state index in [0.29, 0.717) is 5.82 Å². The van der Waals surface area contributed by atoms with E-state index in [2.05, 4.69) is 49.3 Å². The molecule has 0 saturated carbocycles. The SMILES string of the molecule is CCc1ccc(NC(=O)C2CCN(c3cc(-n4cncn4)ncn3)CC2)cc1. The number of carbonyl (C=O) groups excluding carboxylic acids is 1. The molecule has 1 aromatic carbocycles. The number of carbonyl (C=O) groups is 1. The van der Waals surface area contributed by atoms with Gasteiger partial charge in [-0.3, -0.25) is 4.79 Å². The number of anilines is 2. The molecule has 0 spiro atoms. The number of rotatable bonds is 5. The number of benzene rings is 1. The Morgan fingerprint density at radius 3 is 2.54 bits per heavy atom. The average Bonchev–Trinajstić information content (AvgIpc) is 3.29. The normalized spacial score (nSPS) is 14.8. The van der Waals surface area contributed by atoms with Crippen molar-refractivity contribution in [3.05, 3.63) is 54.9 Å². The Bertz CT molecular complexity index is 916. The molecule has 8 nitrogen and oxygen atoms in total. The van der Waals surface area contributed by atoms with E-state index < -0.39 is 0 Å². The molecule has 1 N–H and O–H groups in total. The molecule has 0 aliphatic carbocycles. The van der Waals surface area contributed by atoms with E-state index >= 15 is 0 Å². The van der Waals surface area contributed by atoms with Crippen molar-refractivity contribution >= 4 is 17.4 Å². The molecule has 1 aliphatic rings. The Kier molecular flexibility index (Phi) is 5.27. The molecule has 0 bridgehead atoms. The fourth-order valence-corrected chi connectivity index (χ4v) is 3.40. The number of aromatic nitrogens is 5. The molecular weight excluding hydrogens is 354 g/mol. The Balaban J connectivity index is 1.35. The van der Waals surface area contributed by atoms with Crippen LogP contribution in [0.5, 0.6) is 0 Å². The molecule has 1 aliphatic heterocycles. The molecular formula is C20H23N7O. The molecule has 1 fully saturated rings. The minimum atomic E-state index is 0.0127. The number of hydrogen-bond donors (Lipinski definition) is 1. The molecule has 4 rings (SSSR count). The summed E-state index contributed by atoms with van der Waals surface area (Å²) in [6.45, 7) is 3.68. The number of hydrogen-bond acceptors (Lipinski definition) is 6. The average molecular weight is 377 g/mol. The van der Waals surface area contributed by atoms with Gasteiger partial charge >= 0.3 is 0 Å². The second-order valence-electron chi connectivity index (χ2n) is 6.88. The van der Waals surface area contributed by atoms with E-state index in [9.17, 15) is 4.79 Å². The van der Waals surface area contributed by atoms with Gasteiger partial charge in [-0.2, -0.15) is 5.10 Å². The Hall–Kier alpha value is -3.29. The van der Waals surface area contributed by atoms with Crippen molar-refractivity contribution in [3.63, 3.8) is 0 Å². The predicted octanol–water partition coefficient (Wildman–Crippen LogP) is 2.47. The zero-order valence-corrected chi connectivity index (χ0v) is 15.8. The number of nitrogens with zero attached hydrogens (tertiary/aromatic N) is 6. The fourth-order valence-electron chi connectivity index (χ4n) is 3.40. The summed E-state index contributed by atoms with van der Waals surface area (Å²) in [5.74, 6) is 1.63. The third-order valence-corrected chi connectivity index (χ3v) is 5.11. The van der Waals surface area contributed by atoms with Crippen LogP contribution in [0.3, 0.4) is 0 Å². The maximum Gasteiger partial charge on any atom is 0.227 e. The summed E-state index contributed by atoms with van der Waals surface area (Å²) in [5, 5.41) is 7.15. The molecule has 0 radical (unpaired) electrons. The third-order valence-electron chi connectivity index (χ3n) is 5.11. The van der Waals surface area contributed by atoms with Crippen LogP contribution < -0.4 is 10.2 Å². The van der Waals surface area contributed by atoms with Crippen molar-refractivity contribution in [1.29, 1.82) is 0 Å². The standard InChI is InChI=1S/C20H23N7O/c1-2-15-3-5-17(6-4-15)25-20(28)16-7-9-26(10-8-16)18-11-19(23-13-22-18)27-14-21-12-24-27/h3-6,11-14,16H,2,7-10H2,1H3,(H,25,28). The van der Waals surface area contributed by atoms with E-state index in [1.807, 2.05) is 18.2 Å². The third kappa shape index (κ3) is 4.00. The van der Waals surface area contributed by atoms with Gasteiger partial charge in [-0.25, -0.2) is 19.6 Å². The van der Waals surface area contributed by atoms with Crippen molar-refractivity contribution in [2.45, 2.75) is 26.2 Å². The van der Waals surface area contributed by atoms with Crippen molar-refractivity contribution < 1.29 is 4.79 Å². The first-order valence-corrected chi connectivity index (χ1v) is 9.54. The van der Waals surface area contributed by atoms with Gasteiger partial charge < -0.3 is 10.2 Å². The number of piperidine rings is 1. The summed E-state index contributed by atoms with van der Waals surface area (Å²) in [6.07, 6.45) is 7.19.